The van der Waals surface area contributed by atoms with Gasteiger partial charge in [0.25, 0.3) is 5.91 Å². The number of oxime groups is 1. The molecule has 206 valence electrons. The van der Waals surface area contributed by atoms with Crippen LogP contribution in [0.25, 0.3) is 0 Å². The molecule has 0 bridgehead atoms. The Kier molecular flexibility index (Phi) is 8.10. The maximum absolute atomic E-state index is 13.8. The standard InChI is InChI=1S/C27H24ClN5O5S2/c28-12-11-27(25(36)38-21(16-7-3-1-4-8-16)17-9-5-2-6-10-17)14-33-23(35)20(24(33)40-15-27)31-22(34)19(32-37)18-13-39-26(29)30-18/h1-13,20-21,24,37H,14-15H2,(H2,29,30)(H,31,34)/t20?,24-,27?/m1/s1. The van der Waals surface area contributed by atoms with Crippen molar-refractivity contribution in [2.24, 2.45) is 10.6 Å². The van der Waals surface area contributed by atoms with Gasteiger partial charge in [-0.15, -0.1) is 23.1 Å². The van der Waals surface area contributed by atoms with Gasteiger partial charge in [0, 0.05) is 23.2 Å². The Balaban J connectivity index is 1.32. The van der Waals surface area contributed by atoms with Crippen molar-refractivity contribution in [3.63, 3.8) is 0 Å². The summed E-state index contributed by atoms with van der Waals surface area (Å²) in [5.74, 6) is -1.42. The summed E-state index contributed by atoms with van der Waals surface area (Å²) in [7, 11) is 0. The second-order valence-electron chi connectivity index (χ2n) is 9.19. The van der Waals surface area contributed by atoms with Gasteiger partial charge in [-0.25, -0.2) is 4.98 Å². The molecule has 2 fully saturated rings. The molecule has 2 aliphatic heterocycles. The van der Waals surface area contributed by atoms with Crippen LogP contribution in [-0.4, -0.2) is 62.3 Å². The second kappa shape index (κ2) is 11.7. The van der Waals surface area contributed by atoms with Gasteiger partial charge in [0.1, 0.15) is 22.5 Å². The van der Waals surface area contributed by atoms with Crippen molar-refractivity contribution in [2.75, 3.05) is 18.0 Å². The average Bonchev–Trinajstić information content (AvgIpc) is 3.41. The smallest absolute Gasteiger partial charge is 0.319 e. The minimum absolute atomic E-state index is 0.0256. The first-order valence-electron chi connectivity index (χ1n) is 12.1. The highest BCUT2D eigenvalue weighted by Gasteiger charge is 2.57. The lowest BCUT2D eigenvalue weighted by atomic mass is 9.87. The quantitative estimate of drug-likeness (QED) is 0.118. The van der Waals surface area contributed by atoms with Crippen LogP contribution in [0.1, 0.15) is 22.9 Å². The SMILES string of the molecule is Nc1nc(C(=NO)C(=O)NC2C(=O)N3CC(C=CCl)(C(=O)OC(c4ccccc4)c4ccccc4)CS[C@H]23)cs1. The molecule has 0 spiro atoms. The number of β-lactam (4-membered cyclic amide) rings is 1. The summed E-state index contributed by atoms with van der Waals surface area (Å²) in [6.45, 7) is 0.0256. The van der Waals surface area contributed by atoms with Crippen LogP contribution >= 0.6 is 34.7 Å². The molecule has 0 aliphatic carbocycles. The van der Waals surface area contributed by atoms with Crippen molar-refractivity contribution in [1.29, 1.82) is 0 Å². The minimum atomic E-state index is -1.20. The van der Waals surface area contributed by atoms with Crippen molar-refractivity contribution in [3.05, 3.63) is 94.5 Å². The molecule has 2 aliphatic rings. The number of rotatable bonds is 8. The summed E-state index contributed by atoms with van der Waals surface area (Å²) in [6, 6.07) is 17.9. The molecule has 0 radical (unpaired) electrons. The van der Waals surface area contributed by atoms with E-state index < -0.39 is 34.8 Å². The van der Waals surface area contributed by atoms with Crippen LogP contribution < -0.4 is 11.1 Å². The van der Waals surface area contributed by atoms with E-state index in [-0.39, 0.29) is 34.7 Å². The van der Waals surface area contributed by atoms with Gasteiger partial charge in [-0.2, -0.15) is 0 Å². The molecule has 2 unspecified atom stereocenters. The summed E-state index contributed by atoms with van der Waals surface area (Å²) in [6.07, 6.45) is 0.892. The topological polar surface area (TPSA) is 147 Å². The first kappa shape index (κ1) is 27.7. The minimum Gasteiger partial charge on any atom is -0.452 e. The van der Waals surface area contributed by atoms with E-state index in [2.05, 4.69) is 15.5 Å². The molecule has 4 N–H and O–H groups in total. The molecule has 3 aromatic rings. The van der Waals surface area contributed by atoms with Crippen LogP contribution in [0.4, 0.5) is 5.13 Å². The summed E-state index contributed by atoms with van der Waals surface area (Å²) < 4.78 is 6.12. The zero-order valence-corrected chi connectivity index (χ0v) is 23.2. The molecule has 13 heteroatoms. The van der Waals surface area contributed by atoms with E-state index >= 15 is 0 Å². The third-order valence-electron chi connectivity index (χ3n) is 6.69. The van der Waals surface area contributed by atoms with E-state index in [1.807, 2.05) is 60.7 Å². The highest BCUT2D eigenvalue weighted by atomic mass is 35.5. The van der Waals surface area contributed by atoms with Crippen LogP contribution in [0.3, 0.4) is 0 Å². The molecule has 5 rings (SSSR count). The number of benzene rings is 2. The number of carbonyl (C=O) groups is 3. The summed E-state index contributed by atoms with van der Waals surface area (Å²) in [4.78, 5) is 45.1. The van der Waals surface area contributed by atoms with E-state index in [4.69, 9.17) is 22.1 Å². The Labute approximate surface area is 242 Å². The molecule has 2 aromatic carbocycles. The molecule has 3 heterocycles. The third kappa shape index (κ3) is 5.29. The maximum atomic E-state index is 13.8. The van der Waals surface area contributed by atoms with Gasteiger partial charge in [-0.1, -0.05) is 83.5 Å². The van der Waals surface area contributed by atoms with Gasteiger partial charge in [-0.3, -0.25) is 14.4 Å². The second-order valence-corrected chi connectivity index (χ2v) is 11.4. The molecule has 1 aromatic heterocycles. The number of thiazole rings is 1. The van der Waals surface area contributed by atoms with E-state index in [1.54, 1.807) is 6.08 Å². The number of nitrogens with one attached hydrogen (secondary N) is 1. The number of thioether (sulfide) groups is 1. The highest BCUT2D eigenvalue weighted by Crippen LogP contribution is 2.44. The number of nitrogen functional groups attached to an aromatic ring is 1. The number of anilines is 1. The molecule has 0 saturated carbocycles. The largest absolute Gasteiger partial charge is 0.452 e. The van der Waals surface area contributed by atoms with Crippen LogP contribution in [0.2, 0.25) is 0 Å². The molecule has 40 heavy (non-hydrogen) atoms. The monoisotopic (exact) mass is 597 g/mol. The van der Waals surface area contributed by atoms with Crippen molar-refractivity contribution >= 4 is 63.3 Å². The molecular formula is C27H24ClN5O5S2. The Bertz CT molecular complexity index is 1430. The predicted octanol–water partition coefficient (Wildman–Crippen LogP) is 3.38. The number of esters is 1. The average molecular weight is 598 g/mol. The Morgan fingerprint density at radius 1 is 1.20 bits per heavy atom. The van der Waals surface area contributed by atoms with Crippen LogP contribution in [0, 0.1) is 5.41 Å². The first-order valence-corrected chi connectivity index (χ1v) is 14.5. The molecule has 2 saturated heterocycles. The lowest BCUT2D eigenvalue weighted by Crippen LogP contribution is -2.74. The Morgan fingerprint density at radius 2 is 1.85 bits per heavy atom. The van der Waals surface area contributed by atoms with E-state index in [9.17, 15) is 19.6 Å². The normalized spacial score (nSPS) is 22.6. The fourth-order valence-corrected chi connectivity index (χ4v) is 6.93. The summed E-state index contributed by atoms with van der Waals surface area (Å²) in [5, 5.41) is 16.3. The third-order valence-corrected chi connectivity index (χ3v) is 9.04. The molecule has 10 nitrogen and oxygen atoms in total. The van der Waals surface area contributed by atoms with Crippen molar-refractivity contribution in [3.8, 4) is 0 Å². The van der Waals surface area contributed by atoms with Crippen molar-refractivity contribution in [1.82, 2.24) is 15.2 Å². The van der Waals surface area contributed by atoms with Crippen LogP contribution in [0.5, 0.6) is 0 Å². The van der Waals surface area contributed by atoms with Crippen molar-refractivity contribution < 1.29 is 24.3 Å². The van der Waals surface area contributed by atoms with Crippen molar-refractivity contribution in [2.45, 2.75) is 17.5 Å². The summed E-state index contributed by atoms with van der Waals surface area (Å²) >= 11 is 8.39. The number of nitrogens with zero attached hydrogens (tertiary/aromatic N) is 3. The van der Waals surface area contributed by atoms with E-state index in [0.29, 0.717) is 0 Å². The molecular weight excluding hydrogens is 574 g/mol. The number of carbonyl (C=O) groups excluding carboxylic acids is 3. The predicted molar refractivity (Wildman–Crippen MR) is 153 cm³/mol. The zero-order chi connectivity index (χ0) is 28.3. The number of ether oxygens (including phenoxy) is 1. The number of amides is 2. The van der Waals surface area contributed by atoms with Gasteiger partial charge < -0.3 is 25.9 Å². The zero-order valence-electron chi connectivity index (χ0n) is 20.8. The van der Waals surface area contributed by atoms with E-state index in [1.165, 1.54) is 27.6 Å². The lowest BCUT2D eigenvalue weighted by Gasteiger charge is -2.53. The number of aromatic nitrogens is 1. The van der Waals surface area contributed by atoms with Gasteiger partial charge in [-0.05, 0) is 11.1 Å². The number of hydrogen-bond donors (Lipinski definition) is 3. The van der Waals surface area contributed by atoms with Crippen LogP contribution in [-0.2, 0) is 19.1 Å². The maximum Gasteiger partial charge on any atom is 0.319 e. The van der Waals surface area contributed by atoms with Crippen LogP contribution in [0.15, 0.2) is 82.8 Å². The lowest BCUT2D eigenvalue weighted by molar-refractivity contribution is -0.162. The van der Waals surface area contributed by atoms with Gasteiger partial charge in [0.15, 0.2) is 16.9 Å². The molecule has 3 atom stereocenters. The van der Waals surface area contributed by atoms with E-state index in [0.717, 1.165) is 22.5 Å². The van der Waals surface area contributed by atoms with Gasteiger partial charge >= 0.3 is 5.97 Å². The molecule has 2 amide bonds. The number of nitrogens with two attached hydrogens (primary N) is 1. The number of halogens is 1. The highest BCUT2D eigenvalue weighted by molar-refractivity contribution is 8.00. The van der Waals surface area contributed by atoms with Gasteiger partial charge in [0.2, 0.25) is 5.91 Å². The fraction of sp³-hybridized carbons (Fsp3) is 0.222. The fourth-order valence-electron chi connectivity index (χ4n) is 4.64. The van der Waals surface area contributed by atoms with Gasteiger partial charge in [0.05, 0.1) is 0 Å². The number of fused-ring (bicyclic) bond motifs is 1. The number of hydrogen-bond acceptors (Lipinski definition) is 10. The summed E-state index contributed by atoms with van der Waals surface area (Å²) in [5.41, 5.74) is 7.03. The first-order chi connectivity index (χ1) is 19.4. The Morgan fingerprint density at radius 3 is 2.40 bits per heavy atom. The Hall–Kier alpha value is -3.87.